The zero-order valence-electron chi connectivity index (χ0n) is 46.4. The minimum atomic E-state index is -0.300. The van der Waals surface area contributed by atoms with Crippen LogP contribution in [0.2, 0.25) is 0 Å². The van der Waals surface area contributed by atoms with Gasteiger partial charge in [-0.05, 0) is 147 Å². The summed E-state index contributed by atoms with van der Waals surface area (Å²) in [5.41, 5.74) is 8.26. The van der Waals surface area contributed by atoms with E-state index in [0.717, 1.165) is 63.1 Å². The smallest absolute Gasteiger partial charge is 0.306 e. The van der Waals surface area contributed by atoms with Crippen LogP contribution in [0.1, 0.15) is 112 Å². The Morgan fingerprint density at radius 2 is 0.961 bits per heavy atom. The van der Waals surface area contributed by atoms with Gasteiger partial charge in [-0.3, -0.25) is 9.59 Å². The molecule has 2 atom stereocenters. The highest BCUT2D eigenvalue weighted by atomic mass is 19.1. The van der Waals surface area contributed by atoms with Gasteiger partial charge in [0, 0.05) is 37.9 Å². The molecule has 12 heteroatoms. The van der Waals surface area contributed by atoms with Crippen molar-refractivity contribution in [1.82, 2.24) is 0 Å². The Labute approximate surface area is 449 Å². The van der Waals surface area contributed by atoms with Crippen molar-refractivity contribution in [2.45, 2.75) is 103 Å². The molecule has 0 radical (unpaired) electrons. The van der Waals surface area contributed by atoms with E-state index in [0.29, 0.717) is 61.2 Å². The first kappa shape index (κ1) is 59.9. The first-order chi connectivity index (χ1) is 36.3. The number of hydrogen-bond donors (Lipinski definition) is 0. The van der Waals surface area contributed by atoms with Crippen molar-refractivity contribution in [1.29, 1.82) is 0 Å². The molecule has 0 N–H and O–H groups in total. The van der Waals surface area contributed by atoms with Crippen LogP contribution in [0.5, 0.6) is 23.0 Å². The molecule has 0 aliphatic rings. The summed E-state index contributed by atoms with van der Waals surface area (Å²) in [6.45, 7) is 14.4. The maximum atomic E-state index is 14.9. The first-order valence-corrected chi connectivity index (χ1v) is 25.5. The van der Waals surface area contributed by atoms with Crippen LogP contribution < -0.4 is 18.9 Å². The van der Waals surface area contributed by atoms with Gasteiger partial charge in [0.15, 0.2) is 0 Å². The lowest BCUT2D eigenvalue weighted by molar-refractivity contribution is -0.141. The van der Waals surface area contributed by atoms with Crippen LogP contribution in [0.25, 0.3) is 22.3 Å². The highest BCUT2D eigenvalue weighted by molar-refractivity contribution is 5.73. The molecule has 0 aliphatic carbocycles. The normalized spacial score (nSPS) is 12.3. The Morgan fingerprint density at radius 1 is 0.513 bits per heavy atom. The summed E-state index contributed by atoms with van der Waals surface area (Å²) in [6, 6.07) is 37.2. The third-order valence-corrected chi connectivity index (χ3v) is 13.0. The molecule has 406 valence electrons. The van der Waals surface area contributed by atoms with Crippen molar-refractivity contribution < 1.29 is 56.3 Å². The van der Waals surface area contributed by atoms with Crippen LogP contribution in [-0.4, -0.2) is 67.8 Å². The number of benzene rings is 6. The van der Waals surface area contributed by atoms with Crippen LogP contribution in [0.15, 0.2) is 133 Å². The molecular weight excluding hydrogens is 967 g/mol. The second-order valence-electron chi connectivity index (χ2n) is 20.5. The van der Waals surface area contributed by atoms with E-state index in [4.69, 9.17) is 37.9 Å². The Balaban J connectivity index is 0.000000281. The van der Waals surface area contributed by atoms with E-state index in [1.54, 1.807) is 52.7 Å². The number of carbonyl (C=O) groups excluding carboxylic acids is 2. The molecule has 0 fully saturated rings. The van der Waals surface area contributed by atoms with Gasteiger partial charge in [0.05, 0.1) is 47.9 Å². The minimum absolute atomic E-state index is 0.0527. The third kappa shape index (κ3) is 17.5. The number of methoxy groups -OCH3 is 6. The van der Waals surface area contributed by atoms with Gasteiger partial charge in [-0.1, -0.05) is 102 Å². The van der Waals surface area contributed by atoms with Crippen molar-refractivity contribution in [3.05, 3.63) is 178 Å². The zero-order chi connectivity index (χ0) is 55.4. The van der Waals surface area contributed by atoms with E-state index < -0.39 is 0 Å². The molecule has 10 nitrogen and oxygen atoms in total. The van der Waals surface area contributed by atoms with Gasteiger partial charge in [-0.25, -0.2) is 8.78 Å². The Bertz CT molecular complexity index is 2830. The molecule has 76 heavy (non-hydrogen) atoms. The molecule has 0 saturated heterocycles. The van der Waals surface area contributed by atoms with Gasteiger partial charge in [0.1, 0.15) is 47.8 Å². The molecular formula is C64H76F2O10. The molecule has 0 unspecified atom stereocenters. The minimum Gasteiger partial charge on any atom is -0.497 e. The van der Waals surface area contributed by atoms with Crippen LogP contribution in [0.3, 0.4) is 0 Å². The van der Waals surface area contributed by atoms with Gasteiger partial charge in [-0.2, -0.15) is 0 Å². The Kier molecular flexibility index (Phi) is 22.6. The van der Waals surface area contributed by atoms with Gasteiger partial charge in [0.2, 0.25) is 0 Å². The summed E-state index contributed by atoms with van der Waals surface area (Å²) in [5.74, 6) is 1.45. The molecule has 0 spiro atoms. The maximum absolute atomic E-state index is 14.9. The quantitative estimate of drug-likeness (QED) is 0.0350. The van der Waals surface area contributed by atoms with Gasteiger partial charge >= 0.3 is 11.9 Å². The van der Waals surface area contributed by atoms with Crippen LogP contribution in [-0.2, 0) is 52.6 Å². The molecule has 0 aromatic heterocycles. The van der Waals surface area contributed by atoms with Crippen LogP contribution >= 0.6 is 0 Å². The Hall–Kier alpha value is -7.02. The van der Waals surface area contributed by atoms with Gasteiger partial charge < -0.3 is 37.9 Å². The molecule has 6 rings (SSSR count). The highest BCUT2D eigenvalue weighted by Crippen LogP contribution is 2.39. The monoisotopic (exact) mass is 1040 g/mol. The summed E-state index contributed by atoms with van der Waals surface area (Å²) >= 11 is 0. The highest BCUT2D eigenvalue weighted by Gasteiger charge is 2.24. The lowest BCUT2D eigenvalue weighted by Gasteiger charge is -2.24. The lowest BCUT2D eigenvalue weighted by atomic mass is 9.81. The number of halogens is 2. The number of carbonyl (C=O) groups is 2. The van der Waals surface area contributed by atoms with E-state index in [-0.39, 0.29) is 52.7 Å². The van der Waals surface area contributed by atoms with Crippen molar-refractivity contribution in [3.8, 4) is 45.3 Å². The number of hydrogen-bond acceptors (Lipinski definition) is 10. The number of ether oxygens (including phenoxy) is 8. The van der Waals surface area contributed by atoms with Crippen LogP contribution in [0, 0.1) is 11.6 Å². The molecule has 0 saturated carbocycles. The van der Waals surface area contributed by atoms with Gasteiger partial charge in [0.25, 0.3) is 0 Å². The third-order valence-electron chi connectivity index (χ3n) is 13.0. The number of allylic oxidation sites excluding steroid dienone is 1. The SMILES string of the molecule is COC/C=C/[C@H](CC(=O)OC)c1ccc(OCc2ccc(C(C)(C)C)c(-c3cc(OC)ccc3F)c2)cc1.COCCC[C@H](CC(=O)OC)c1ccc(OCc2ccc(C(C)(C)C)c(-c3cc(OC)ccc3F)c2)cc1. The molecule has 6 aromatic rings. The summed E-state index contributed by atoms with van der Waals surface area (Å²) in [6.07, 6.45) is 6.09. The molecule has 0 bridgehead atoms. The molecule has 6 aromatic carbocycles. The first-order valence-electron chi connectivity index (χ1n) is 25.5. The van der Waals surface area contributed by atoms with Crippen molar-refractivity contribution in [2.75, 3.05) is 55.9 Å². The zero-order valence-corrected chi connectivity index (χ0v) is 46.4. The van der Waals surface area contributed by atoms with E-state index >= 15 is 0 Å². The summed E-state index contributed by atoms with van der Waals surface area (Å²) in [7, 11) is 9.25. The van der Waals surface area contributed by atoms with E-state index in [1.165, 1.54) is 26.4 Å². The maximum Gasteiger partial charge on any atom is 0.306 e. The van der Waals surface area contributed by atoms with Crippen LogP contribution in [0.4, 0.5) is 8.78 Å². The molecule has 0 aliphatic heterocycles. The predicted octanol–water partition coefficient (Wildman–Crippen LogP) is 14.7. The second-order valence-corrected chi connectivity index (χ2v) is 20.5. The lowest BCUT2D eigenvalue weighted by Crippen LogP contribution is -2.13. The van der Waals surface area contributed by atoms with E-state index in [1.807, 2.05) is 97.1 Å². The van der Waals surface area contributed by atoms with E-state index in [2.05, 4.69) is 41.5 Å². The van der Waals surface area contributed by atoms with Crippen molar-refractivity contribution in [3.63, 3.8) is 0 Å². The van der Waals surface area contributed by atoms with E-state index in [9.17, 15) is 18.4 Å². The average molecular weight is 1040 g/mol. The second kappa shape index (κ2) is 28.8. The largest absolute Gasteiger partial charge is 0.497 e. The summed E-state index contributed by atoms with van der Waals surface area (Å²) in [4.78, 5) is 23.8. The standard InChI is InChI=1S/C32H39FO5.C32H37FO5/c2*1-32(2,3)29-15-9-22(18-27(29)28-20-26(36-5)14-16-30(28)33)21-38-25-12-10-23(11-13-25)24(8-7-17-35-4)19-31(34)37-6/h9-16,18,20,24H,7-8,17,19,21H2,1-6H3;7-16,18,20,24H,17,19,21H2,1-6H3/b;8-7+/t2*24-/m11/s1. The molecule has 0 amide bonds. The van der Waals surface area contributed by atoms with Gasteiger partial charge in [-0.15, -0.1) is 0 Å². The summed E-state index contributed by atoms with van der Waals surface area (Å²) < 4.78 is 72.7. The number of rotatable bonds is 23. The van der Waals surface area contributed by atoms with Crippen molar-refractivity contribution >= 4 is 11.9 Å². The topological polar surface area (TPSA) is 108 Å². The fourth-order valence-corrected chi connectivity index (χ4v) is 8.79. The molecule has 0 heterocycles. The predicted molar refractivity (Wildman–Crippen MR) is 297 cm³/mol. The average Bonchev–Trinajstić information content (AvgIpc) is 3.41. The fourth-order valence-electron chi connectivity index (χ4n) is 8.79. The summed E-state index contributed by atoms with van der Waals surface area (Å²) in [5, 5.41) is 0. The fraction of sp³-hybridized carbons (Fsp3) is 0.375. The Morgan fingerprint density at radius 3 is 1.38 bits per heavy atom. The number of esters is 2. The van der Waals surface area contributed by atoms with Crippen molar-refractivity contribution in [2.24, 2.45) is 0 Å².